The molecular weight excluding hydrogens is 252 g/mol. The minimum atomic E-state index is 0.248. The summed E-state index contributed by atoms with van der Waals surface area (Å²) in [5.41, 5.74) is 1.24. The molecule has 0 N–H and O–H groups in total. The number of hydrogen-bond donors (Lipinski definition) is 0. The number of benzene rings is 1. The minimum absolute atomic E-state index is 0.248. The maximum Gasteiger partial charge on any atom is 0.134 e. The first-order chi connectivity index (χ1) is 7.25. The van der Waals surface area contributed by atoms with Crippen molar-refractivity contribution in [1.82, 2.24) is 0 Å². The van der Waals surface area contributed by atoms with Gasteiger partial charge in [-0.25, -0.2) is 0 Å². The van der Waals surface area contributed by atoms with Crippen LogP contribution in [0.25, 0.3) is 0 Å². The minimum Gasteiger partial charge on any atom is -0.485 e. The van der Waals surface area contributed by atoms with Gasteiger partial charge in [0.2, 0.25) is 0 Å². The molecule has 1 unspecified atom stereocenters. The first-order valence-electron chi connectivity index (χ1n) is 5.35. The van der Waals surface area contributed by atoms with Gasteiger partial charge in [-0.3, -0.25) is 0 Å². The summed E-state index contributed by atoms with van der Waals surface area (Å²) in [4.78, 5) is 0. The fourth-order valence-corrected chi connectivity index (χ4v) is 2.33. The van der Waals surface area contributed by atoms with Gasteiger partial charge in [-0.1, -0.05) is 12.1 Å². The molecule has 0 bridgehead atoms. The lowest BCUT2D eigenvalue weighted by molar-refractivity contribution is 0.228. The van der Waals surface area contributed by atoms with E-state index < -0.39 is 0 Å². The van der Waals surface area contributed by atoms with E-state index in [2.05, 4.69) is 47.1 Å². The molecule has 1 aromatic rings. The van der Waals surface area contributed by atoms with Crippen LogP contribution in [-0.2, 0) is 0 Å². The van der Waals surface area contributed by atoms with Crippen LogP contribution in [0.4, 0.5) is 0 Å². The number of allylic oxidation sites excluding steroid dienone is 1. The van der Waals surface area contributed by atoms with E-state index in [1.807, 2.05) is 6.07 Å². The third-order valence-corrected chi connectivity index (χ3v) is 3.20. The normalized spacial score (nSPS) is 20.3. The van der Waals surface area contributed by atoms with Crippen molar-refractivity contribution in [2.45, 2.75) is 32.3 Å². The van der Waals surface area contributed by atoms with Crippen molar-refractivity contribution in [3.8, 4) is 5.75 Å². The fraction of sp³-hybridized carbons (Fsp3) is 0.385. The Bertz CT molecular complexity index is 371. The van der Waals surface area contributed by atoms with Gasteiger partial charge in [-0.2, -0.15) is 0 Å². The zero-order chi connectivity index (χ0) is 10.7. The fourth-order valence-electron chi connectivity index (χ4n) is 1.74. The standard InChI is InChI=1S/C13H15BrO/c1-10-7-8-13(12(14)9-10)15-11-5-3-2-4-6-11/h3,5,7-9,11H,2,4,6H2,1H3. The molecule has 1 nitrogen and oxygen atoms in total. The summed E-state index contributed by atoms with van der Waals surface area (Å²) in [6, 6.07) is 6.19. The largest absolute Gasteiger partial charge is 0.485 e. The van der Waals surface area contributed by atoms with Gasteiger partial charge >= 0.3 is 0 Å². The Morgan fingerprint density at radius 2 is 2.27 bits per heavy atom. The van der Waals surface area contributed by atoms with Crippen molar-refractivity contribution < 1.29 is 4.74 Å². The lowest BCUT2D eigenvalue weighted by Gasteiger charge is -2.19. The second-order valence-electron chi connectivity index (χ2n) is 3.95. The van der Waals surface area contributed by atoms with E-state index in [1.54, 1.807) is 0 Å². The average Bonchev–Trinajstić information content (AvgIpc) is 2.24. The zero-order valence-corrected chi connectivity index (χ0v) is 10.5. The molecule has 0 spiro atoms. The molecular formula is C13H15BrO. The highest BCUT2D eigenvalue weighted by Crippen LogP contribution is 2.28. The summed E-state index contributed by atoms with van der Waals surface area (Å²) in [5, 5.41) is 0. The van der Waals surface area contributed by atoms with Gasteiger partial charge in [-0.15, -0.1) is 0 Å². The second-order valence-corrected chi connectivity index (χ2v) is 4.80. The summed E-state index contributed by atoms with van der Waals surface area (Å²) >= 11 is 3.52. The molecule has 0 fully saturated rings. The summed E-state index contributed by atoms with van der Waals surface area (Å²) < 4.78 is 6.95. The van der Waals surface area contributed by atoms with E-state index in [9.17, 15) is 0 Å². The number of hydrogen-bond acceptors (Lipinski definition) is 1. The Kier molecular flexibility index (Phi) is 3.47. The second kappa shape index (κ2) is 4.84. The molecule has 1 aromatic carbocycles. The van der Waals surface area contributed by atoms with Crippen LogP contribution in [0.5, 0.6) is 5.75 Å². The van der Waals surface area contributed by atoms with Crippen molar-refractivity contribution in [3.05, 3.63) is 40.4 Å². The van der Waals surface area contributed by atoms with Gasteiger partial charge in [-0.05, 0) is 65.9 Å². The molecule has 80 valence electrons. The Hall–Kier alpha value is -0.760. The van der Waals surface area contributed by atoms with E-state index in [-0.39, 0.29) is 6.10 Å². The molecule has 0 amide bonds. The van der Waals surface area contributed by atoms with Crippen LogP contribution in [0, 0.1) is 6.92 Å². The summed E-state index contributed by atoms with van der Waals surface area (Å²) in [7, 11) is 0. The summed E-state index contributed by atoms with van der Waals surface area (Å²) in [5.74, 6) is 0.942. The molecule has 1 aliphatic carbocycles. The highest BCUT2D eigenvalue weighted by Gasteiger charge is 2.11. The molecule has 0 saturated carbocycles. The van der Waals surface area contributed by atoms with E-state index in [0.29, 0.717) is 0 Å². The van der Waals surface area contributed by atoms with Gasteiger partial charge in [0.1, 0.15) is 11.9 Å². The monoisotopic (exact) mass is 266 g/mol. The average molecular weight is 267 g/mol. The van der Waals surface area contributed by atoms with Crippen LogP contribution < -0.4 is 4.74 Å². The zero-order valence-electron chi connectivity index (χ0n) is 8.87. The summed E-state index contributed by atoms with van der Waals surface area (Å²) in [6.07, 6.45) is 8.15. The molecule has 0 saturated heterocycles. The highest BCUT2D eigenvalue weighted by molar-refractivity contribution is 9.10. The van der Waals surface area contributed by atoms with Gasteiger partial charge in [0, 0.05) is 0 Å². The Balaban J connectivity index is 2.09. The first-order valence-corrected chi connectivity index (χ1v) is 6.14. The highest BCUT2D eigenvalue weighted by atomic mass is 79.9. The van der Waals surface area contributed by atoms with Crippen LogP contribution >= 0.6 is 15.9 Å². The molecule has 0 heterocycles. The number of rotatable bonds is 2. The lowest BCUT2D eigenvalue weighted by atomic mass is 10.1. The van der Waals surface area contributed by atoms with Gasteiger partial charge < -0.3 is 4.74 Å². The first kappa shape index (κ1) is 10.7. The van der Waals surface area contributed by atoms with E-state index in [1.165, 1.54) is 18.4 Å². The SMILES string of the molecule is Cc1ccc(OC2C=CCCC2)c(Br)c1. The predicted octanol–water partition coefficient (Wildman–Crippen LogP) is 4.25. The number of ether oxygens (including phenoxy) is 1. The van der Waals surface area contributed by atoms with E-state index >= 15 is 0 Å². The van der Waals surface area contributed by atoms with Crippen molar-refractivity contribution in [1.29, 1.82) is 0 Å². The van der Waals surface area contributed by atoms with E-state index in [0.717, 1.165) is 16.6 Å². The van der Waals surface area contributed by atoms with Crippen molar-refractivity contribution >= 4 is 15.9 Å². The van der Waals surface area contributed by atoms with Gasteiger partial charge in [0.15, 0.2) is 0 Å². The molecule has 2 rings (SSSR count). The van der Waals surface area contributed by atoms with Crippen molar-refractivity contribution in [2.24, 2.45) is 0 Å². The maximum atomic E-state index is 5.91. The molecule has 1 aliphatic rings. The third-order valence-electron chi connectivity index (χ3n) is 2.58. The van der Waals surface area contributed by atoms with Crippen LogP contribution in [0.2, 0.25) is 0 Å². The maximum absolute atomic E-state index is 5.91. The topological polar surface area (TPSA) is 9.23 Å². The molecule has 15 heavy (non-hydrogen) atoms. The van der Waals surface area contributed by atoms with E-state index in [4.69, 9.17) is 4.74 Å². The quantitative estimate of drug-likeness (QED) is 0.728. The molecule has 0 aliphatic heterocycles. The van der Waals surface area contributed by atoms with Gasteiger partial charge in [0.05, 0.1) is 4.47 Å². The summed E-state index contributed by atoms with van der Waals surface area (Å²) in [6.45, 7) is 2.08. The molecule has 2 heteroatoms. The predicted molar refractivity (Wildman–Crippen MR) is 66.3 cm³/mol. The Morgan fingerprint density at radius 1 is 1.40 bits per heavy atom. The van der Waals surface area contributed by atoms with Gasteiger partial charge in [0.25, 0.3) is 0 Å². The smallest absolute Gasteiger partial charge is 0.134 e. The number of aryl methyl sites for hydroxylation is 1. The molecule has 1 atom stereocenters. The van der Waals surface area contributed by atoms with Crippen LogP contribution in [-0.4, -0.2) is 6.10 Å². The van der Waals surface area contributed by atoms with Crippen molar-refractivity contribution in [3.63, 3.8) is 0 Å². The third kappa shape index (κ3) is 2.85. The Morgan fingerprint density at radius 3 is 2.93 bits per heavy atom. The van der Waals surface area contributed by atoms with Crippen LogP contribution in [0.1, 0.15) is 24.8 Å². The van der Waals surface area contributed by atoms with Crippen molar-refractivity contribution in [2.75, 3.05) is 0 Å². The lowest BCUT2D eigenvalue weighted by Crippen LogP contribution is -2.15. The molecule has 0 radical (unpaired) electrons. The molecule has 0 aromatic heterocycles. The Labute approximate surface area is 99.3 Å². The number of halogens is 1. The van der Waals surface area contributed by atoms with Crippen LogP contribution in [0.15, 0.2) is 34.8 Å². The van der Waals surface area contributed by atoms with Crippen LogP contribution in [0.3, 0.4) is 0 Å².